The molecule has 0 atom stereocenters. The lowest BCUT2D eigenvalue weighted by Gasteiger charge is -2.35. The molecule has 0 bridgehead atoms. The van der Waals surface area contributed by atoms with Gasteiger partial charge >= 0.3 is 11.2 Å². The summed E-state index contributed by atoms with van der Waals surface area (Å²) in [5.41, 5.74) is 1.99. The normalized spacial score (nSPS) is 13.9. The Bertz CT molecular complexity index is 1450. The lowest BCUT2D eigenvalue weighted by atomic mass is 10.1. The quantitative estimate of drug-likeness (QED) is 0.444. The van der Waals surface area contributed by atoms with Crippen LogP contribution < -0.4 is 10.5 Å². The molecule has 0 saturated carbocycles. The number of benzene rings is 2. The number of amides is 1. The van der Waals surface area contributed by atoms with Gasteiger partial charge in [0.1, 0.15) is 5.69 Å². The summed E-state index contributed by atoms with van der Waals surface area (Å²) in [4.78, 5) is 41.8. The van der Waals surface area contributed by atoms with E-state index < -0.39 is 5.56 Å². The van der Waals surface area contributed by atoms with Crippen molar-refractivity contribution in [3.8, 4) is 0 Å². The first-order valence-corrected chi connectivity index (χ1v) is 11.4. The van der Waals surface area contributed by atoms with Gasteiger partial charge in [0, 0.05) is 31.6 Å². The maximum Gasteiger partial charge on any atom is 0.404 e. The highest BCUT2D eigenvalue weighted by molar-refractivity contribution is 5.97. The molecule has 3 heterocycles. The van der Waals surface area contributed by atoms with Crippen LogP contribution in [0.3, 0.4) is 0 Å². The summed E-state index contributed by atoms with van der Waals surface area (Å²) in [5.74, 6) is 0.0614. The zero-order chi connectivity index (χ0) is 24.5. The molecule has 1 amide bonds. The number of nitrogens with zero attached hydrogens (tertiary/aromatic N) is 4. The molecule has 0 unspecified atom stereocenters. The van der Waals surface area contributed by atoms with Crippen molar-refractivity contribution in [1.82, 2.24) is 9.47 Å². The van der Waals surface area contributed by atoms with E-state index in [2.05, 4.69) is 0 Å². The fourth-order valence-electron chi connectivity index (χ4n) is 4.65. The highest BCUT2D eigenvalue weighted by Crippen LogP contribution is 2.35. The third-order valence-corrected chi connectivity index (χ3v) is 6.36. The number of furan rings is 1. The summed E-state index contributed by atoms with van der Waals surface area (Å²) >= 11 is 0. The summed E-state index contributed by atoms with van der Waals surface area (Å²) < 4.78 is 6.74. The minimum Gasteiger partial charge on any atom is -0.459 e. The highest BCUT2D eigenvalue weighted by atomic mass is 16.6. The molecule has 9 nitrogen and oxygen atoms in total. The van der Waals surface area contributed by atoms with E-state index in [4.69, 9.17) is 4.42 Å². The van der Waals surface area contributed by atoms with Crippen molar-refractivity contribution in [3.63, 3.8) is 0 Å². The largest absolute Gasteiger partial charge is 0.459 e. The molecule has 1 N–H and O–H groups in total. The number of aryl methyl sites for hydroxylation is 1. The zero-order valence-corrected chi connectivity index (χ0v) is 19.3. The van der Waals surface area contributed by atoms with Gasteiger partial charge in [0.05, 0.1) is 23.2 Å². The molecule has 5 rings (SSSR count). The second-order valence-corrected chi connectivity index (χ2v) is 8.62. The number of piperazine rings is 1. The Balaban J connectivity index is 1.58. The van der Waals surface area contributed by atoms with Crippen LogP contribution in [-0.2, 0) is 6.54 Å². The van der Waals surface area contributed by atoms with Gasteiger partial charge in [0.15, 0.2) is 5.76 Å². The number of fused-ring (bicyclic) bond motifs is 1. The zero-order valence-electron chi connectivity index (χ0n) is 19.3. The molecule has 2 aromatic carbocycles. The van der Waals surface area contributed by atoms with Gasteiger partial charge in [-0.3, -0.25) is 14.2 Å². The van der Waals surface area contributed by atoms with Gasteiger partial charge < -0.3 is 14.2 Å². The summed E-state index contributed by atoms with van der Waals surface area (Å²) in [6.07, 6.45) is 1.46. The Morgan fingerprint density at radius 3 is 2.43 bits per heavy atom. The second-order valence-electron chi connectivity index (χ2n) is 8.62. The van der Waals surface area contributed by atoms with Crippen LogP contribution in [0.25, 0.3) is 10.9 Å². The third-order valence-electron chi connectivity index (χ3n) is 6.36. The van der Waals surface area contributed by atoms with Crippen LogP contribution in [-0.4, -0.2) is 51.7 Å². The van der Waals surface area contributed by atoms with E-state index in [0.29, 0.717) is 42.8 Å². The van der Waals surface area contributed by atoms with E-state index in [1.54, 1.807) is 17.0 Å². The van der Waals surface area contributed by atoms with Crippen molar-refractivity contribution in [1.29, 1.82) is 0 Å². The van der Waals surface area contributed by atoms with E-state index >= 15 is 0 Å². The lowest BCUT2D eigenvalue weighted by molar-refractivity contribution is -0.730. The van der Waals surface area contributed by atoms with Crippen molar-refractivity contribution in [3.05, 3.63) is 99.1 Å². The first-order chi connectivity index (χ1) is 16.9. The molecule has 1 saturated heterocycles. The number of anilines is 1. The van der Waals surface area contributed by atoms with E-state index in [9.17, 15) is 19.7 Å². The van der Waals surface area contributed by atoms with Crippen molar-refractivity contribution < 1.29 is 19.3 Å². The molecule has 1 aliphatic rings. The SMILES string of the molecule is Cc1ccc2c(c1)c(N1CCN(C(=O)c3ccco3)CC1)c([N+](=O)O)c(=O)n2Cc1ccccc1. The van der Waals surface area contributed by atoms with Crippen LogP contribution in [0.5, 0.6) is 0 Å². The van der Waals surface area contributed by atoms with Gasteiger partial charge in [-0.1, -0.05) is 42.0 Å². The molecule has 178 valence electrons. The predicted octanol–water partition coefficient (Wildman–Crippen LogP) is 3.71. The third kappa shape index (κ3) is 4.16. The van der Waals surface area contributed by atoms with Gasteiger partial charge in [-0.15, -0.1) is 0 Å². The molecule has 0 aliphatic carbocycles. The Labute approximate surface area is 200 Å². The van der Waals surface area contributed by atoms with Gasteiger partial charge in [0.25, 0.3) is 10.8 Å². The molecule has 1 fully saturated rings. The molecule has 2 aromatic heterocycles. The van der Waals surface area contributed by atoms with Crippen LogP contribution in [0.2, 0.25) is 0 Å². The Morgan fingerprint density at radius 1 is 1.03 bits per heavy atom. The van der Waals surface area contributed by atoms with Crippen molar-refractivity contribution in [2.75, 3.05) is 31.1 Å². The lowest BCUT2D eigenvalue weighted by Crippen LogP contribution is -2.49. The van der Waals surface area contributed by atoms with Crippen LogP contribution in [0.15, 0.2) is 76.1 Å². The maximum absolute atomic E-state index is 13.6. The van der Waals surface area contributed by atoms with Crippen LogP contribution in [0.1, 0.15) is 21.7 Å². The van der Waals surface area contributed by atoms with E-state index in [0.717, 1.165) is 11.1 Å². The number of carbonyl (C=O) groups is 1. The Kier molecular flexibility index (Phi) is 5.82. The van der Waals surface area contributed by atoms with Crippen molar-refractivity contribution in [2.24, 2.45) is 0 Å². The average Bonchev–Trinajstić information content (AvgIpc) is 3.40. The topological polar surface area (TPSA) is 99.0 Å². The molecule has 9 heteroatoms. The maximum atomic E-state index is 13.6. The van der Waals surface area contributed by atoms with E-state index in [1.165, 1.54) is 10.8 Å². The van der Waals surface area contributed by atoms with Crippen LogP contribution in [0.4, 0.5) is 11.4 Å². The fourth-order valence-corrected chi connectivity index (χ4v) is 4.65. The number of aromatic nitrogens is 1. The van der Waals surface area contributed by atoms with Gasteiger partial charge in [-0.2, -0.15) is 0 Å². The van der Waals surface area contributed by atoms with Crippen molar-refractivity contribution in [2.45, 2.75) is 13.5 Å². The number of hydrogen-bond acceptors (Lipinski definition) is 5. The minimum absolute atomic E-state index is 0.207. The highest BCUT2D eigenvalue weighted by Gasteiger charge is 2.35. The average molecular weight is 474 g/mol. The predicted molar refractivity (Wildman–Crippen MR) is 130 cm³/mol. The number of pyridine rings is 1. The number of carbonyl (C=O) groups excluding carboxylic acids is 1. The summed E-state index contributed by atoms with van der Waals surface area (Å²) in [5, 5.41) is 10.8. The summed E-state index contributed by atoms with van der Waals surface area (Å²) in [7, 11) is 0. The van der Waals surface area contributed by atoms with Crippen molar-refractivity contribution >= 4 is 28.2 Å². The minimum atomic E-state index is -0.577. The molecular formula is C26H25N4O5+. The molecular weight excluding hydrogens is 448 g/mol. The monoisotopic (exact) mass is 473 g/mol. The smallest absolute Gasteiger partial charge is 0.404 e. The molecule has 0 radical (unpaired) electrons. The standard InChI is InChI=1S/C26H25N4O5/c1-18-9-10-21-20(16-18)23(27-11-13-28(14-12-27)25(31)22-8-5-15-35-22)24(30(33)34)26(32)29(21)17-19-6-3-2-4-7-19/h2-10,15-16H,11-14,17H2,1H3,(H,33,34)/q+1. The molecule has 0 spiro atoms. The molecule has 35 heavy (non-hydrogen) atoms. The first-order valence-electron chi connectivity index (χ1n) is 11.4. The van der Waals surface area contributed by atoms with Gasteiger partial charge in [0.2, 0.25) is 0 Å². The second kappa shape index (κ2) is 9.09. The van der Waals surface area contributed by atoms with E-state index in [1.807, 2.05) is 60.4 Å². The van der Waals surface area contributed by atoms with Crippen LogP contribution >= 0.6 is 0 Å². The number of hydrogen-bond donors (Lipinski definition) is 1. The first kappa shape index (κ1) is 22.4. The van der Waals surface area contributed by atoms with Gasteiger partial charge in [-0.05, 0) is 36.8 Å². The van der Waals surface area contributed by atoms with Gasteiger partial charge in [-0.25, -0.2) is 5.21 Å². The Hall–Kier alpha value is -4.40. The Morgan fingerprint density at radius 2 is 1.77 bits per heavy atom. The number of rotatable bonds is 5. The van der Waals surface area contributed by atoms with E-state index in [-0.39, 0.29) is 28.8 Å². The fraction of sp³-hybridized carbons (Fsp3) is 0.231. The summed E-state index contributed by atoms with van der Waals surface area (Å²) in [6, 6.07) is 18.5. The molecule has 1 aliphatic heterocycles. The molecule has 4 aromatic rings. The van der Waals surface area contributed by atoms with Crippen LogP contribution in [0, 0.1) is 11.8 Å². The summed E-state index contributed by atoms with van der Waals surface area (Å²) in [6.45, 7) is 3.72.